The molecule has 0 N–H and O–H groups in total. The molecule has 0 heterocycles. The Hall–Kier alpha value is -1.38. The number of ether oxygens (including phenoxy) is 1. The third-order valence-electron chi connectivity index (χ3n) is 3.56. The lowest BCUT2D eigenvalue weighted by Gasteiger charge is -2.09. The molecule has 0 aliphatic heterocycles. The summed E-state index contributed by atoms with van der Waals surface area (Å²) in [6.45, 7) is 0. The van der Waals surface area contributed by atoms with Crippen molar-refractivity contribution in [2.45, 2.75) is 44.6 Å². The minimum atomic E-state index is -0.837. The molecule has 0 spiro atoms. The van der Waals surface area contributed by atoms with Crippen molar-refractivity contribution < 1.29 is 13.5 Å². The molecule has 2 aliphatic carbocycles. The molecular weight excluding hydrogens is 246 g/mol. The molecule has 2 aliphatic rings. The number of benzene rings is 1. The first kappa shape index (κ1) is 12.6. The van der Waals surface area contributed by atoms with Crippen LogP contribution in [0.25, 0.3) is 0 Å². The van der Waals surface area contributed by atoms with Gasteiger partial charge in [-0.2, -0.15) is 4.39 Å². The van der Waals surface area contributed by atoms with Gasteiger partial charge in [-0.3, -0.25) is 0 Å². The van der Waals surface area contributed by atoms with Gasteiger partial charge < -0.3 is 4.74 Å². The maximum Gasteiger partial charge on any atom is 0.200 e. The van der Waals surface area contributed by atoms with E-state index in [2.05, 4.69) is 12.2 Å². The molecule has 0 unspecified atom stereocenters. The Morgan fingerprint density at radius 2 is 1.89 bits per heavy atom. The molecule has 102 valence electrons. The van der Waals surface area contributed by atoms with Crippen molar-refractivity contribution in [2.24, 2.45) is 5.92 Å². The normalized spacial score (nSPS) is 19.1. The molecule has 1 nitrogen and oxygen atoms in total. The maximum absolute atomic E-state index is 13.9. The van der Waals surface area contributed by atoms with E-state index in [1.54, 1.807) is 12.1 Å². The highest BCUT2D eigenvalue weighted by Crippen LogP contribution is 2.31. The predicted octanol–water partition coefficient (Wildman–Crippen LogP) is 4.40. The highest BCUT2D eigenvalue weighted by molar-refractivity contribution is 5.31. The van der Waals surface area contributed by atoms with Crippen molar-refractivity contribution in [3.05, 3.63) is 41.5 Å². The van der Waals surface area contributed by atoms with Crippen LogP contribution < -0.4 is 4.74 Å². The average Bonchev–Trinajstić information content (AvgIpc) is 3.27. The van der Waals surface area contributed by atoms with Gasteiger partial charge in [0.15, 0.2) is 11.6 Å². The van der Waals surface area contributed by atoms with E-state index in [1.165, 1.54) is 12.8 Å². The molecule has 3 heteroatoms. The summed E-state index contributed by atoms with van der Waals surface area (Å²) in [5.74, 6) is -0.804. The van der Waals surface area contributed by atoms with E-state index >= 15 is 0 Å². The minimum Gasteiger partial charge on any atom is -0.487 e. The molecule has 0 atom stereocenters. The van der Waals surface area contributed by atoms with Gasteiger partial charge in [-0.1, -0.05) is 18.2 Å². The van der Waals surface area contributed by atoms with E-state index in [1.807, 2.05) is 0 Å². The van der Waals surface area contributed by atoms with Gasteiger partial charge in [-0.25, -0.2) is 4.39 Å². The summed E-state index contributed by atoms with van der Waals surface area (Å²) in [6, 6.07) is 3.19. The third kappa shape index (κ3) is 3.34. The van der Waals surface area contributed by atoms with E-state index in [0.29, 0.717) is 12.0 Å². The fourth-order valence-corrected chi connectivity index (χ4v) is 2.04. The SMILES string of the molecule is Fc1c(CC/C=C/C2CC2)ccc(OC2CC2)c1F. The smallest absolute Gasteiger partial charge is 0.200 e. The second-order valence-electron chi connectivity index (χ2n) is 5.47. The van der Waals surface area contributed by atoms with Crippen molar-refractivity contribution in [2.75, 3.05) is 0 Å². The van der Waals surface area contributed by atoms with Gasteiger partial charge in [0, 0.05) is 0 Å². The number of hydrogen-bond acceptors (Lipinski definition) is 1. The Morgan fingerprint density at radius 3 is 2.58 bits per heavy atom. The lowest BCUT2D eigenvalue weighted by Crippen LogP contribution is -2.02. The highest BCUT2D eigenvalue weighted by Gasteiger charge is 2.26. The fraction of sp³-hybridized carbons (Fsp3) is 0.500. The van der Waals surface area contributed by atoms with Gasteiger partial charge in [0.1, 0.15) is 0 Å². The second-order valence-corrected chi connectivity index (χ2v) is 5.47. The van der Waals surface area contributed by atoms with Gasteiger partial charge in [0.05, 0.1) is 6.10 Å². The van der Waals surface area contributed by atoms with Crippen LogP contribution in [-0.4, -0.2) is 6.10 Å². The zero-order chi connectivity index (χ0) is 13.2. The van der Waals surface area contributed by atoms with Crippen LogP contribution >= 0.6 is 0 Å². The van der Waals surface area contributed by atoms with Crippen molar-refractivity contribution in [1.29, 1.82) is 0 Å². The van der Waals surface area contributed by atoms with Crippen molar-refractivity contribution in [1.82, 2.24) is 0 Å². The van der Waals surface area contributed by atoms with E-state index in [4.69, 9.17) is 4.74 Å². The lowest BCUT2D eigenvalue weighted by atomic mass is 10.1. The van der Waals surface area contributed by atoms with Crippen molar-refractivity contribution >= 4 is 0 Å². The molecule has 1 aromatic carbocycles. The minimum absolute atomic E-state index is 0.0530. The maximum atomic E-state index is 13.9. The van der Waals surface area contributed by atoms with E-state index in [-0.39, 0.29) is 11.9 Å². The van der Waals surface area contributed by atoms with E-state index in [9.17, 15) is 8.78 Å². The number of rotatable bonds is 6. The summed E-state index contributed by atoms with van der Waals surface area (Å²) in [7, 11) is 0. The Balaban J connectivity index is 1.61. The summed E-state index contributed by atoms with van der Waals surface area (Å²) >= 11 is 0. The third-order valence-corrected chi connectivity index (χ3v) is 3.56. The average molecular weight is 264 g/mol. The van der Waals surface area contributed by atoms with Gasteiger partial charge in [0.2, 0.25) is 5.82 Å². The van der Waals surface area contributed by atoms with E-state index in [0.717, 1.165) is 25.2 Å². The lowest BCUT2D eigenvalue weighted by molar-refractivity contribution is 0.281. The second kappa shape index (κ2) is 5.32. The van der Waals surface area contributed by atoms with Crippen LogP contribution in [0, 0.1) is 17.6 Å². The molecule has 3 rings (SSSR count). The molecule has 1 aromatic rings. The van der Waals surface area contributed by atoms with E-state index < -0.39 is 11.6 Å². The van der Waals surface area contributed by atoms with Gasteiger partial charge in [-0.05, 0) is 56.1 Å². The summed E-state index contributed by atoms with van der Waals surface area (Å²) in [5, 5.41) is 0. The molecular formula is C16H18F2O. The van der Waals surface area contributed by atoms with Crippen LogP contribution in [-0.2, 0) is 6.42 Å². The van der Waals surface area contributed by atoms with Crippen LogP contribution in [0.1, 0.15) is 37.7 Å². The molecule has 0 radical (unpaired) electrons. The first-order valence-corrected chi connectivity index (χ1v) is 7.04. The van der Waals surface area contributed by atoms with Crippen LogP contribution in [0.3, 0.4) is 0 Å². The predicted molar refractivity (Wildman–Crippen MR) is 70.2 cm³/mol. The number of aryl methyl sites for hydroxylation is 1. The molecule has 0 amide bonds. The zero-order valence-electron chi connectivity index (χ0n) is 10.9. The quantitative estimate of drug-likeness (QED) is 0.692. The summed E-state index contributed by atoms with van der Waals surface area (Å²) in [6.07, 6.45) is 10.1. The van der Waals surface area contributed by atoms with Crippen molar-refractivity contribution in [3.8, 4) is 5.75 Å². The molecule has 0 saturated heterocycles. The molecule has 19 heavy (non-hydrogen) atoms. The molecule has 0 aromatic heterocycles. The zero-order valence-corrected chi connectivity index (χ0v) is 10.9. The first-order chi connectivity index (χ1) is 9.24. The summed E-state index contributed by atoms with van der Waals surface area (Å²) in [5.41, 5.74) is 0.432. The largest absolute Gasteiger partial charge is 0.487 e. The number of halogens is 2. The Labute approximate surface area is 112 Å². The van der Waals surface area contributed by atoms with Crippen LogP contribution in [0.15, 0.2) is 24.3 Å². The van der Waals surface area contributed by atoms with Gasteiger partial charge in [0.25, 0.3) is 0 Å². The monoisotopic (exact) mass is 264 g/mol. The Morgan fingerprint density at radius 1 is 1.11 bits per heavy atom. The van der Waals surface area contributed by atoms with Crippen LogP contribution in [0.4, 0.5) is 8.78 Å². The summed E-state index contributed by atoms with van der Waals surface area (Å²) < 4.78 is 33.0. The first-order valence-electron chi connectivity index (χ1n) is 7.04. The number of hydrogen-bond donors (Lipinski definition) is 0. The topological polar surface area (TPSA) is 9.23 Å². The Kier molecular flexibility index (Phi) is 3.54. The Bertz CT molecular complexity index is 488. The van der Waals surface area contributed by atoms with Crippen LogP contribution in [0.2, 0.25) is 0 Å². The standard InChI is InChI=1S/C16H18F2O/c17-15-12(4-2-1-3-11-5-6-11)7-10-14(16(15)18)19-13-8-9-13/h1,3,7,10-11,13H,2,4-6,8-9H2/b3-1+. The molecule has 2 fully saturated rings. The van der Waals surface area contributed by atoms with Crippen molar-refractivity contribution in [3.63, 3.8) is 0 Å². The van der Waals surface area contributed by atoms with Gasteiger partial charge in [-0.15, -0.1) is 0 Å². The number of allylic oxidation sites excluding steroid dienone is 2. The van der Waals surface area contributed by atoms with Crippen LogP contribution in [0.5, 0.6) is 5.75 Å². The molecule has 0 bridgehead atoms. The molecule has 2 saturated carbocycles. The fourth-order valence-electron chi connectivity index (χ4n) is 2.04. The highest BCUT2D eigenvalue weighted by atomic mass is 19.2. The van der Waals surface area contributed by atoms with Gasteiger partial charge >= 0.3 is 0 Å². The summed E-state index contributed by atoms with van der Waals surface area (Å²) in [4.78, 5) is 0.